The van der Waals surface area contributed by atoms with E-state index < -0.39 is 0 Å². The van der Waals surface area contributed by atoms with E-state index in [1.807, 2.05) is 24.3 Å². The average Bonchev–Trinajstić information content (AvgIpc) is 2.78. The molecule has 3 rings (SSSR count). The zero-order valence-corrected chi connectivity index (χ0v) is 9.56. The molecule has 0 saturated heterocycles. The molecule has 17 heavy (non-hydrogen) atoms. The van der Waals surface area contributed by atoms with E-state index in [-0.39, 0.29) is 17.5 Å². The highest BCUT2D eigenvalue weighted by molar-refractivity contribution is 6.27. The monoisotopic (exact) mass is 226 g/mol. The van der Waals surface area contributed by atoms with Gasteiger partial charge >= 0.3 is 0 Å². The van der Waals surface area contributed by atoms with Gasteiger partial charge in [0, 0.05) is 11.5 Å². The van der Waals surface area contributed by atoms with Gasteiger partial charge in [0.25, 0.3) is 0 Å². The number of Topliss-reactive ketones (excluding diaryl/α,β-unsaturated/α-hetero) is 2. The lowest BCUT2D eigenvalue weighted by Gasteiger charge is -2.17. The summed E-state index contributed by atoms with van der Waals surface area (Å²) in [4.78, 5) is 24.3. The third kappa shape index (κ3) is 1.74. The van der Waals surface area contributed by atoms with Gasteiger partial charge in [0.2, 0.25) is 0 Å². The van der Waals surface area contributed by atoms with Crippen LogP contribution in [0.15, 0.2) is 42.0 Å². The molecule has 0 radical (unpaired) electrons. The molecule has 0 heterocycles. The van der Waals surface area contributed by atoms with Crippen molar-refractivity contribution in [2.75, 3.05) is 0 Å². The molecule has 86 valence electrons. The minimum Gasteiger partial charge on any atom is -0.294 e. The second-order valence-electron chi connectivity index (χ2n) is 4.91. The van der Waals surface area contributed by atoms with Crippen LogP contribution in [0.4, 0.5) is 0 Å². The molecular weight excluding hydrogens is 212 g/mol. The average molecular weight is 226 g/mol. The number of fused-ring (bicyclic) bond motifs is 2. The number of hydrogen-bond donors (Lipinski definition) is 0. The van der Waals surface area contributed by atoms with Crippen molar-refractivity contribution in [1.29, 1.82) is 0 Å². The predicted molar refractivity (Wildman–Crippen MR) is 64.7 cm³/mol. The standard InChI is InChI=1S/C15H14O2/c16-14(11-4-2-1-3-5-11)13-9-10-6-7-12(8-10)15(13)17/h1-5,9-10,12H,6-8H2. The molecule has 1 saturated carbocycles. The predicted octanol–water partition coefficient (Wildman–Crippen LogP) is 2.79. The van der Waals surface area contributed by atoms with Crippen molar-refractivity contribution in [3.63, 3.8) is 0 Å². The normalized spacial score (nSPS) is 26.8. The second-order valence-corrected chi connectivity index (χ2v) is 4.91. The molecule has 2 atom stereocenters. The van der Waals surface area contributed by atoms with Crippen molar-refractivity contribution >= 4 is 11.6 Å². The van der Waals surface area contributed by atoms with Gasteiger partial charge in [-0.15, -0.1) is 0 Å². The lowest BCUT2D eigenvalue weighted by Crippen LogP contribution is -2.23. The summed E-state index contributed by atoms with van der Waals surface area (Å²) in [6, 6.07) is 9.07. The second kappa shape index (κ2) is 3.95. The minimum absolute atomic E-state index is 0.0626. The lowest BCUT2D eigenvalue weighted by molar-refractivity contribution is -0.119. The van der Waals surface area contributed by atoms with Crippen LogP contribution in [-0.4, -0.2) is 11.6 Å². The summed E-state index contributed by atoms with van der Waals surface area (Å²) in [5.74, 6) is 0.507. The quantitative estimate of drug-likeness (QED) is 0.574. The Morgan fingerprint density at radius 3 is 2.65 bits per heavy atom. The lowest BCUT2D eigenvalue weighted by atomic mass is 9.85. The number of carbonyl (C=O) groups excluding carboxylic acids is 2. The Labute approximate surface area is 100 Å². The van der Waals surface area contributed by atoms with E-state index >= 15 is 0 Å². The summed E-state index contributed by atoms with van der Waals surface area (Å²) in [6.45, 7) is 0. The molecule has 1 aromatic rings. The third-order valence-corrected chi connectivity index (χ3v) is 3.79. The fourth-order valence-electron chi connectivity index (χ4n) is 2.88. The zero-order chi connectivity index (χ0) is 11.8. The molecule has 2 nitrogen and oxygen atoms in total. The Morgan fingerprint density at radius 2 is 1.88 bits per heavy atom. The van der Waals surface area contributed by atoms with Crippen molar-refractivity contribution in [2.45, 2.75) is 19.3 Å². The Bertz CT molecular complexity index is 499. The Morgan fingerprint density at radius 1 is 1.12 bits per heavy atom. The number of ketones is 2. The first kappa shape index (κ1) is 10.5. The molecule has 2 aliphatic carbocycles. The van der Waals surface area contributed by atoms with E-state index in [2.05, 4.69) is 0 Å². The highest BCUT2D eigenvalue weighted by Crippen LogP contribution is 2.39. The number of benzene rings is 1. The summed E-state index contributed by atoms with van der Waals surface area (Å²) in [6.07, 6.45) is 4.86. The fourth-order valence-corrected chi connectivity index (χ4v) is 2.88. The van der Waals surface area contributed by atoms with Gasteiger partial charge in [-0.3, -0.25) is 9.59 Å². The van der Waals surface area contributed by atoms with Gasteiger partial charge in [0.05, 0.1) is 5.57 Å². The summed E-state index contributed by atoms with van der Waals surface area (Å²) < 4.78 is 0. The Hall–Kier alpha value is -1.70. The van der Waals surface area contributed by atoms with Crippen molar-refractivity contribution in [2.24, 2.45) is 11.8 Å². The van der Waals surface area contributed by atoms with E-state index in [1.165, 1.54) is 0 Å². The third-order valence-electron chi connectivity index (χ3n) is 3.79. The zero-order valence-electron chi connectivity index (χ0n) is 9.56. The summed E-state index contributed by atoms with van der Waals surface area (Å²) in [5.41, 5.74) is 1.04. The molecule has 0 aromatic heterocycles. The number of allylic oxidation sites excluding steroid dienone is 2. The van der Waals surface area contributed by atoms with E-state index in [0.717, 1.165) is 19.3 Å². The van der Waals surface area contributed by atoms with Gasteiger partial charge in [-0.2, -0.15) is 0 Å². The molecule has 2 heteroatoms. The van der Waals surface area contributed by atoms with Gasteiger partial charge in [-0.05, 0) is 25.2 Å². The first-order valence-corrected chi connectivity index (χ1v) is 6.11. The van der Waals surface area contributed by atoms with Gasteiger partial charge in [0.15, 0.2) is 11.6 Å². The smallest absolute Gasteiger partial charge is 0.196 e. The maximum absolute atomic E-state index is 12.2. The van der Waals surface area contributed by atoms with Crippen molar-refractivity contribution < 1.29 is 9.59 Å². The van der Waals surface area contributed by atoms with Gasteiger partial charge in [0.1, 0.15) is 0 Å². The highest BCUT2D eigenvalue weighted by atomic mass is 16.1. The molecule has 2 unspecified atom stereocenters. The Kier molecular flexibility index (Phi) is 2.43. The molecule has 0 spiro atoms. The summed E-state index contributed by atoms with van der Waals surface area (Å²) in [7, 11) is 0. The van der Waals surface area contributed by atoms with Gasteiger partial charge in [-0.25, -0.2) is 0 Å². The number of hydrogen-bond acceptors (Lipinski definition) is 2. The summed E-state index contributed by atoms with van der Waals surface area (Å²) >= 11 is 0. The number of rotatable bonds is 2. The Balaban J connectivity index is 1.95. The molecule has 2 aliphatic rings. The molecule has 1 aromatic carbocycles. The van der Waals surface area contributed by atoms with Crippen LogP contribution in [0.3, 0.4) is 0 Å². The van der Waals surface area contributed by atoms with E-state index in [1.54, 1.807) is 12.1 Å². The van der Waals surface area contributed by atoms with E-state index in [0.29, 0.717) is 17.1 Å². The largest absolute Gasteiger partial charge is 0.294 e. The maximum atomic E-state index is 12.2. The van der Waals surface area contributed by atoms with Crippen LogP contribution in [0.2, 0.25) is 0 Å². The molecule has 0 amide bonds. The van der Waals surface area contributed by atoms with Crippen LogP contribution in [0.5, 0.6) is 0 Å². The van der Waals surface area contributed by atoms with Crippen molar-refractivity contribution in [1.82, 2.24) is 0 Å². The molecule has 2 bridgehead atoms. The fraction of sp³-hybridized carbons (Fsp3) is 0.333. The van der Waals surface area contributed by atoms with Crippen LogP contribution >= 0.6 is 0 Å². The SMILES string of the molecule is O=C(C1=CC2CCC(C2)C1=O)c1ccccc1. The highest BCUT2D eigenvalue weighted by Gasteiger charge is 2.37. The topological polar surface area (TPSA) is 34.1 Å². The first-order valence-electron chi connectivity index (χ1n) is 6.11. The van der Waals surface area contributed by atoms with E-state index in [4.69, 9.17) is 0 Å². The van der Waals surface area contributed by atoms with Gasteiger partial charge < -0.3 is 0 Å². The van der Waals surface area contributed by atoms with Gasteiger partial charge in [-0.1, -0.05) is 36.4 Å². The molecular formula is C15H14O2. The maximum Gasteiger partial charge on any atom is 0.196 e. The van der Waals surface area contributed by atoms with Crippen LogP contribution < -0.4 is 0 Å². The van der Waals surface area contributed by atoms with Crippen LogP contribution in [-0.2, 0) is 4.79 Å². The molecule has 0 N–H and O–H groups in total. The number of carbonyl (C=O) groups is 2. The van der Waals surface area contributed by atoms with Crippen LogP contribution in [0, 0.1) is 11.8 Å². The molecule has 0 aliphatic heterocycles. The minimum atomic E-state index is -0.104. The van der Waals surface area contributed by atoms with Crippen LogP contribution in [0.25, 0.3) is 0 Å². The van der Waals surface area contributed by atoms with Crippen molar-refractivity contribution in [3.8, 4) is 0 Å². The summed E-state index contributed by atoms with van der Waals surface area (Å²) in [5, 5.41) is 0. The van der Waals surface area contributed by atoms with Crippen molar-refractivity contribution in [3.05, 3.63) is 47.5 Å². The van der Waals surface area contributed by atoms with E-state index in [9.17, 15) is 9.59 Å². The molecule has 1 fully saturated rings. The van der Waals surface area contributed by atoms with Crippen LogP contribution in [0.1, 0.15) is 29.6 Å². The first-order chi connectivity index (χ1) is 8.25.